The molecule has 8 heteroatoms. The first-order valence-corrected chi connectivity index (χ1v) is 11.0. The minimum absolute atomic E-state index is 0.318. The van der Waals surface area contributed by atoms with E-state index in [2.05, 4.69) is 15.0 Å². The Bertz CT molecular complexity index is 1490. The summed E-state index contributed by atoms with van der Waals surface area (Å²) in [6.45, 7) is 3.62. The summed E-state index contributed by atoms with van der Waals surface area (Å²) in [7, 11) is 0. The predicted molar refractivity (Wildman–Crippen MR) is 131 cm³/mol. The molecular weight excluding hydrogens is 487 g/mol. The summed E-state index contributed by atoms with van der Waals surface area (Å²) < 4.78 is 26.2. The number of halogens is 5. The topological polar surface area (TPSA) is 38.7 Å². The molecule has 0 fully saturated rings. The van der Waals surface area contributed by atoms with Crippen molar-refractivity contribution in [2.24, 2.45) is 0 Å². The van der Waals surface area contributed by atoms with Crippen molar-refractivity contribution < 1.29 is 8.78 Å². The van der Waals surface area contributed by atoms with Gasteiger partial charge in [-0.25, -0.2) is 18.7 Å². The molecule has 0 saturated carbocycles. The molecule has 0 aliphatic heterocycles. The summed E-state index contributed by atoms with van der Waals surface area (Å²) in [5.74, 6) is -0.649. The number of rotatable bonds is 1. The first kappa shape index (κ1) is 23.3. The van der Waals surface area contributed by atoms with Gasteiger partial charge in [-0.15, -0.1) is 0 Å². The third kappa shape index (κ3) is 4.76. The smallest absolute Gasteiger partial charge is 0.134 e. The van der Waals surface area contributed by atoms with Crippen LogP contribution >= 0.6 is 34.8 Å². The lowest BCUT2D eigenvalue weighted by molar-refractivity contribution is 0.629. The van der Waals surface area contributed by atoms with Gasteiger partial charge in [0.25, 0.3) is 0 Å². The van der Waals surface area contributed by atoms with E-state index in [9.17, 15) is 8.78 Å². The molecule has 2 aromatic carbocycles. The van der Waals surface area contributed by atoms with Crippen molar-refractivity contribution in [3.63, 3.8) is 0 Å². The van der Waals surface area contributed by atoms with Gasteiger partial charge in [-0.05, 0) is 67.9 Å². The minimum atomic E-state index is -0.331. The average molecular weight is 503 g/mol. The highest BCUT2D eigenvalue weighted by Gasteiger charge is 2.13. The van der Waals surface area contributed by atoms with Crippen molar-refractivity contribution in [2.75, 3.05) is 0 Å². The van der Waals surface area contributed by atoms with Crippen LogP contribution in [0.15, 0.2) is 60.8 Å². The van der Waals surface area contributed by atoms with Gasteiger partial charge in [0.15, 0.2) is 0 Å². The van der Waals surface area contributed by atoms with Gasteiger partial charge < -0.3 is 0 Å². The number of benzene rings is 2. The Morgan fingerprint density at radius 1 is 0.697 bits per heavy atom. The Morgan fingerprint density at radius 2 is 1.27 bits per heavy atom. The molecule has 0 N–H and O–H groups in total. The molecule has 3 nitrogen and oxygen atoms in total. The van der Waals surface area contributed by atoms with Crippen molar-refractivity contribution in [1.29, 1.82) is 0 Å². The summed E-state index contributed by atoms with van der Waals surface area (Å²) in [6, 6.07) is 14.3. The summed E-state index contributed by atoms with van der Waals surface area (Å²) in [6.07, 6.45) is 1.71. The molecular formula is C25H16Cl3F2N3. The lowest BCUT2D eigenvalue weighted by Crippen LogP contribution is -1.94. The fourth-order valence-electron chi connectivity index (χ4n) is 3.31. The quantitative estimate of drug-likeness (QED) is 0.216. The molecule has 166 valence electrons. The second-order valence-electron chi connectivity index (χ2n) is 7.28. The first-order valence-electron chi connectivity index (χ1n) is 9.84. The molecule has 0 saturated heterocycles. The zero-order chi connectivity index (χ0) is 23.7. The summed E-state index contributed by atoms with van der Waals surface area (Å²) >= 11 is 18.2. The molecule has 0 radical (unpaired) electrons. The van der Waals surface area contributed by atoms with Crippen LogP contribution in [-0.2, 0) is 0 Å². The van der Waals surface area contributed by atoms with Gasteiger partial charge in [-0.2, -0.15) is 0 Å². The van der Waals surface area contributed by atoms with Crippen molar-refractivity contribution in [3.05, 3.63) is 98.8 Å². The lowest BCUT2D eigenvalue weighted by atomic mass is 10.1. The van der Waals surface area contributed by atoms with Gasteiger partial charge >= 0.3 is 0 Å². The Labute approximate surface area is 204 Å². The molecule has 0 aliphatic carbocycles. The Hall–Kier alpha value is -2.86. The monoisotopic (exact) mass is 501 g/mol. The number of fused-ring (bicyclic) bond motifs is 2. The Balaban J connectivity index is 0.000000165. The number of hydrogen-bond donors (Lipinski definition) is 0. The van der Waals surface area contributed by atoms with Gasteiger partial charge in [-0.1, -0.05) is 40.9 Å². The molecule has 33 heavy (non-hydrogen) atoms. The van der Waals surface area contributed by atoms with E-state index < -0.39 is 0 Å². The highest BCUT2D eigenvalue weighted by Crippen LogP contribution is 2.32. The van der Waals surface area contributed by atoms with Gasteiger partial charge in [0.1, 0.15) is 16.8 Å². The number of nitrogens with zero attached hydrogens (tertiary/aromatic N) is 3. The van der Waals surface area contributed by atoms with Crippen LogP contribution < -0.4 is 0 Å². The van der Waals surface area contributed by atoms with Gasteiger partial charge in [0.2, 0.25) is 0 Å². The van der Waals surface area contributed by atoms with Crippen LogP contribution in [0.1, 0.15) is 11.1 Å². The Morgan fingerprint density at radius 3 is 1.85 bits per heavy atom. The number of hydrogen-bond acceptors (Lipinski definition) is 3. The van der Waals surface area contributed by atoms with Gasteiger partial charge in [0.05, 0.1) is 32.5 Å². The van der Waals surface area contributed by atoms with Crippen molar-refractivity contribution in [3.8, 4) is 11.4 Å². The molecule has 5 rings (SSSR count). The molecule has 0 aliphatic rings. The van der Waals surface area contributed by atoms with E-state index in [1.807, 2.05) is 25.1 Å². The first-order chi connectivity index (χ1) is 15.8. The fraction of sp³-hybridized carbons (Fsp3) is 0.0800. The van der Waals surface area contributed by atoms with Crippen LogP contribution in [0.3, 0.4) is 0 Å². The summed E-state index contributed by atoms with van der Waals surface area (Å²) in [5, 5.41) is 2.55. The standard InChI is InChI=1S/C15H10ClFN2.C10H6Cl2FN/c1-9-14(16)11-8-10(17)5-6-12(11)19-15(9)13-4-2-3-7-18-13;1-5-9(11)7-4-6(13)2-3-8(7)14-10(5)12/h2-8H,1H3;2-4H,1H3. The third-order valence-electron chi connectivity index (χ3n) is 5.07. The minimum Gasteiger partial charge on any atom is -0.255 e. The summed E-state index contributed by atoms with van der Waals surface area (Å²) in [4.78, 5) is 12.9. The molecule has 0 atom stereocenters. The van der Waals surface area contributed by atoms with Gasteiger partial charge in [-0.3, -0.25) is 4.98 Å². The maximum atomic E-state index is 13.3. The SMILES string of the molecule is Cc1c(-c2ccccn2)nc2ccc(F)cc2c1Cl.Cc1c(Cl)nc2ccc(F)cc2c1Cl. The molecule has 3 heterocycles. The van der Waals surface area contributed by atoms with E-state index >= 15 is 0 Å². The number of aromatic nitrogens is 3. The molecule has 3 aromatic heterocycles. The average Bonchev–Trinajstić information content (AvgIpc) is 2.82. The normalized spacial score (nSPS) is 10.9. The number of pyridine rings is 3. The van der Waals surface area contributed by atoms with Gasteiger partial charge in [0, 0.05) is 22.5 Å². The largest absolute Gasteiger partial charge is 0.255 e. The second kappa shape index (κ2) is 9.56. The maximum absolute atomic E-state index is 13.3. The molecule has 0 unspecified atom stereocenters. The highest BCUT2D eigenvalue weighted by atomic mass is 35.5. The van der Waals surface area contributed by atoms with E-state index in [0.29, 0.717) is 42.6 Å². The molecule has 0 bridgehead atoms. The highest BCUT2D eigenvalue weighted by molar-refractivity contribution is 6.39. The third-order valence-corrected chi connectivity index (χ3v) is 6.41. The van der Waals surface area contributed by atoms with E-state index in [1.54, 1.807) is 25.3 Å². The van der Waals surface area contributed by atoms with E-state index in [0.717, 1.165) is 17.0 Å². The fourth-order valence-corrected chi connectivity index (χ4v) is 4.02. The van der Waals surface area contributed by atoms with Crippen LogP contribution in [0.2, 0.25) is 15.2 Å². The van der Waals surface area contributed by atoms with Crippen LogP contribution in [-0.4, -0.2) is 15.0 Å². The zero-order valence-electron chi connectivity index (χ0n) is 17.5. The van der Waals surface area contributed by atoms with Crippen molar-refractivity contribution in [1.82, 2.24) is 15.0 Å². The lowest BCUT2D eigenvalue weighted by Gasteiger charge is -2.09. The molecule has 5 aromatic rings. The van der Waals surface area contributed by atoms with Crippen molar-refractivity contribution >= 4 is 56.6 Å². The van der Waals surface area contributed by atoms with E-state index in [4.69, 9.17) is 34.8 Å². The summed E-state index contributed by atoms with van der Waals surface area (Å²) in [5.41, 5.74) is 4.23. The van der Waals surface area contributed by atoms with E-state index in [-0.39, 0.29) is 11.6 Å². The van der Waals surface area contributed by atoms with Crippen molar-refractivity contribution in [2.45, 2.75) is 13.8 Å². The zero-order valence-corrected chi connectivity index (χ0v) is 19.8. The van der Waals surface area contributed by atoms with E-state index in [1.165, 1.54) is 24.3 Å². The molecule has 0 spiro atoms. The second-order valence-corrected chi connectivity index (χ2v) is 8.39. The molecule has 0 amide bonds. The van der Waals surface area contributed by atoms with Crippen LogP contribution in [0.25, 0.3) is 33.2 Å². The van der Waals surface area contributed by atoms with Crippen LogP contribution in [0, 0.1) is 25.5 Å². The van der Waals surface area contributed by atoms with Crippen LogP contribution in [0.5, 0.6) is 0 Å². The predicted octanol–water partition coefficient (Wildman–Crippen LogP) is 8.39. The van der Waals surface area contributed by atoms with Crippen LogP contribution in [0.4, 0.5) is 8.78 Å². The Kier molecular flexibility index (Phi) is 6.75. The maximum Gasteiger partial charge on any atom is 0.134 e.